The van der Waals surface area contributed by atoms with E-state index < -0.39 is 0 Å². The van der Waals surface area contributed by atoms with Gasteiger partial charge in [0, 0.05) is 0 Å². The van der Waals surface area contributed by atoms with Gasteiger partial charge in [0.25, 0.3) is 0 Å². The third-order valence-corrected chi connectivity index (χ3v) is 4.59. The van der Waals surface area contributed by atoms with E-state index in [0.29, 0.717) is 5.92 Å². The zero-order chi connectivity index (χ0) is 12.8. The van der Waals surface area contributed by atoms with Crippen LogP contribution in [-0.2, 0) is 6.42 Å². The Bertz CT molecular complexity index is 767. The van der Waals surface area contributed by atoms with E-state index in [4.69, 9.17) is 0 Å². The normalized spacial score (nSPS) is 18.7. The molecule has 0 radical (unpaired) electrons. The van der Waals surface area contributed by atoms with Crippen molar-refractivity contribution in [2.45, 2.75) is 32.1 Å². The van der Waals surface area contributed by atoms with Crippen molar-refractivity contribution >= 4 is 21.5 Å². The first kappa shape index (κ1) is 11.0. The molecule has 0 N–H and O–H groups in total. The topological polar surface area (TPSA) is 0 Å². The van der Waals surface area contributed by atoms with E-state index in [0.717, 1.165) is 0 Å². The molecule has 0 nitrogen and oxygen atoms in total. The average Bonchev–Trinajstić information content (AvgIpc) is 2.45. The second-order valence-corrected chi connectivity index (χ2v) is 5.85. The first-order valence-electron chi connectivity index (χ1n) is 7.27. The quantitative estimate of drug-likeness (QED) is 0.464. The average molecular weight is 246 g/mol. The van der Waals surface area contributed by atoms with Crippen LogP contribution in [0.2, 0.25) is 0 Å². The van der Waals surface area contributed by atoms with Crippen molar-refractivity contribution in [3.63, 3.8) is 0 Å². The lowest BCUT2D eigenvalue weighted by Crippen LogP contribution is -2.07. The summed E-state index contributed by atoms with van der Waals surface area (Å²) in [6, 6.07) is 18.1. The Kier molecular flexibility index (Phi) is 2.38. The summed E-state index contributed by atoms with van der Waals surface area (Å²) in [4.78, 5) is 0. The molecule has 1 aliphatic rings. The Balaban J connectivity index is 2.12. The second kappa shape index (κ2) is 4.09. The van der Waals surface area contributed by atoms with Gasteiger partial charge in [-0.15, -0.1) is 0 Å². The molecular weight excluding hydrogens is 228 g/mol. The standard InChI is InChI=1S/C19H18/c1-13-5-4-8-14-9-10-17-11-15-6-2-3-7-16(15)12-18(17)19(13)14/h2-3,6-7,9-13H,4-5,8H2,1H3. The predicted molar refractivity (Wildman–Crippen MR) is 82.8 cm³/mol. The fourth-order valence-corrected chi connectivity index (χ4v) is 3.63. The van der Waals surface area contributed by atoms with Gasteiger partial charge >= 0.3 is 0 Å². The van der Waals surface area contributed by atoms with Gasteiger partial charge < -0.3 is 0 Å². The molecule has 0 heterocycles. The summed E-state index contributed by atoms with van der Waals surface area (Å²) < 4.78 is 0. The molecule has 0 aliphatic heterocycles. The summed E-state index contributed by atoms with van der Waals surface area (Å²) in [6.45, 7) is 2.38. The van der Waals surface area contributed by atoms with Crippen molar-refractivity contribution in [2.24, 2.45) is 0 Å². The Morgan fingerprint density at radius 2 is 1.68 bits per heavy atom. The van der Waals surface area contributed by atoms with E-state index >= 15 is 0 Å². The van der Waals surface area contributed by atoms with Gasteiger partial charge in [0.1, 0.15) is 0 Å². The minimum absolute atomic E-state index is 0.702. The molecule has 0 saturated carbocycles. The summed E-state index contributed by atoms with van der Waals surface area (Å²) in [5, 5.41) is 5.58. The van der Waals surface area contributed by atoms with Gasteiger partial charge in [0.15, 0.2) is 0 Å². The van der Waals surface area contributed by atoms with Crippen molar-refractivity contribution in [1.82, 2.24) is 0 Å². The summed E-state index contributed by atoms with van der Waals surface area (Å²) in [7, 11) is 0. The van der Waals surface area contributed by atoms with Crippen LogP contribution >= 0.6 is 0 Å². The third kappa shape index (κ3) is 1.67. The lowest BCUT2D eigenvalue weighted by molar-refractivity contribution is 0.595. The van der Waals surface area contributed by atoms with E-state index in [-0.39, 0.29) is 0 Å². The van der Waals surface area contributed by atoms with E-state index in [2.05, 4.69) is 55.5 Å². The van der Waals surface area contributed by atoms with E-state index in [1.54, 1.807) is 11.1 Å². The second-order valence-electron chi connectivity index (χ2n) is 5.85. The molecule has 0 fully saturated rings. The van der Waals surface area contributed by atoms with Gasteiger partial charge in [-0.3, -0.25) is 0 Å². The largest absolute Gasteiger partial charge is 0.0616 e. The highest BCUT2D eigenvalue weighted by Gasteiger charge is 2.18. The van der Waals surface area contributed by atoms with E-state index in [1.165, 1.54) is 40.8 Å². The van der Waals surface area contributed by atoms with E-state index in [9.17, 15) is 0 Å². The zero-order valence-electron chi connectivity index (χ0n) is 11.3. The molecule has 0 aromatic heterocycles. The number of rotatable bonds is 0. The molecule has 0 amide bonds. The minimum Gasteiger partial charge on any atom is -0.0616 e. The highest BCUT2D eigenvalue weighted by molar-refractivity contribution is 6.00. The van der Waals surface area contributed by atoms with E-state index in [1.807, 2.05) is 0 Å². The summed E-state index contributed by atoms with van der Waals surface area (Å²) in [6.07, 6.45) is 3.93. The maximum Gasteiger partial charge on any atom is -0.0140 e. The Labute approximate surface area is 114 Å². The fourth-order valence-electron chi connectivity index (χ4n) is 3.63. The van der Waals surface area contributed by atoms with Crippen molar-refractivity contribution < 1.29 is 0 Å². The third-order valence-electron chi connectivity index (χ3n) is 4.59. The Morgan fingerprint density at radius 3 is 2.53 bits per heavy atom. The molecule has 4 rings (SSSR count). The highest BCUT2D eigenvalue weighted by Crippen LogP contribution is 2.37. The Hall–Kier alpha value is -1.82. The molecule has 19 heavy (non-hydrogen) atoms. The lowest BCUT2D eigenvalue weighted by Gasteiger charge is -2.24. The molecule has 1 unspecified atom stereocenters. The summed E-state index contributed by atoms with van der Waals surface area (Å²) >= 11 is 0. The maximum atomic E-state index is 2.39. The van der Waals surface area contributed by atoms with Gasteiger partial charge in [0.05, 0.1) is 0 Å². The number of aryl methyl sites for hydroxylation is 1. The molecule has 0 bridgehead atoms. The first-order valence-corrected chi connectivity index (χ1v) is 7.27. The number of hydrogen-bond acceptors (Lipinski definition) is 0. The summed E-state index contributed by atoms with van der Waals surface area (Å²) in [5.41, 5.74) is 3.18. The van der Waals surface area contributed by atoms with Crippen molar-refractivity contribution in [1.29, 1.82) is 0 Å². The lowest BCUT2D eigenvalue weighted by atomic mass is 9.80. The molecule has 1 aliphatic carbocycles. The molecule has 0 saturated heterocycles. The van der Waals surface area contributed by atoms with Gasteiger partial charge in [0.2, 0.25) is 0 Å². The molecular formula is C19H18. The first-order chi connectivity index (χ1) is 9.33. The van der Waals surface area contributed by atoms with Gasteiger partial charge in [-0.25, -0.2) is 0 Å². The SMILES string of the molecule is CC1CCCc2ccc3cc4ccccc4cc3c21. The van der Waals surface area contributed by atoms with Crippen LogP contribution in [0.4, 0.5) is 0 Å². The molecule has 3 aromatic rings. The van der Waals surface area contributed by atoms with Crippen LogP contribution in [0.5, 0.6) is 0 Å². The Morgan fingerprint density at radius 1 is 0.895 bits per heavy atom. The minimum atomic E-state index is 0.702. The zero-order valence-corrected chi connectivity index (χ0v) is 11.3. The monoisotopic (exact) mass is 246 g/mol. The van der Waals surface area contributed by atoms with Crippen molar-refractivity contribution in [3.8, 4) is 0 Å². The molecule has 3 aromatic carbocycles. The summed E-state index contributed by atoms with van der Waals surface area (Å²) in [5.74, 6) is 0.702. The van der Waals surface area contributed by atoms with Gasteiger partial charge in [-0.2, -0.15) is 0 Å². The van der Waals surface area contributed by atoms with Crippen LogP contribution in [0.25, 0.3) is 21.5 Å². The maximum absolute atomic E-state index is 2.39. The number of benzene rings is 3. The van der Waals surface area contributed by atoms with Crippen LogP contribution in [0.3, 0.4) is 0 Å². The van der Waals surface area contributed by atoms with Crippen molar-refractivity contribution in [2.75, 3.05) is 0 Å². The highest BCUT2D eigenvalue weighted by atomic mass is 14.2. The van der Waals surface area contributed by atoms with Gasteiger partial charge in [-0.05, 0) is 70.0 Å². The van der Waals surface area contributed by atoms with Crippen LogP contribution < -0.4 is 0 Å². The number of fused-ring (bicyclic) bond motifs is 4. The van der Waals surface area contributed by atoms with Crippen LogP contribution in [0, 0.1) is 0 Å². The molecule has 94 valence electrons. The predicted octanol–water partition coefficient (Wildman–Crippen LogP) is 5.43. The van der Waals surface area contributed by atoms with Crippen LogP contribution in [-0.4, -0.2) is 0 Å². The molecule has 0 heteroatoms. The molecule has 0 spiro atoms. The van der Waals surface area contributed by atoms with Crippen molar-refractivity contribution in [3.05, 3.63) is 59.7 Å². The number of hydrogen-bond donors (Lipinski definition) is 0. The van der Waals surface area contributed by atoms with Crippen LogP contribution in [0.15, 0.2) is 48.5 Å². The molecule has 1 atom stereocenters. The smallest absolute Gasteiger partial charge is 0.0140 e. The van der Waals surface area contributed by atoms with Gasteiger partial charge in [-0.1, -0.05) is 43.3 Å². The fraction of sp³-hybridized carbons (Fsp3) is 0.263. The van der Waals surface area contributed by atoms with Crippen LogP contribution in [0.1, 0.15) is 36.8 Å².